The van der Waals surface area contributed by atoms with E-state index in [0.717, 1.165) is 11.1 Å². The van der Waals surface area contributed by atoms with Crippen LogP contribution in [0, 0.1) is 5.82 Å². The summed E-state index contributed by atoms with van der Waals surface area (Å²) in [6.07, 6.45) is -0.298. The first-order valence-electron chi connectivity index (χ1n) is 8.92. The molecular weight excluding hydrogens is 357 g/mol. The molecule has 3 aromatic rings. The van der Waals surface area contributed by atoms with Gasteiger partial charge in [-0.1, -0.05) is 72.8 Å². The number of hydrogen-bond donors (Lipinski definition) is 2. The highest BCUT2D eigenvalue weighted by atomic mass is 19.1. The maximum absolute atomic E-state index is 13.2. The zero-order valence-corrected chi connectivity index (χ0v) is 15.1. The Balaban J connectivity index is 1.92. The van der Waals surface area contributed by atoms with E-state index in [-0.39, 0.29) is 12.3 Å². The number of aliphatic carboxylic acids is 1. The highest BCUT2D eigenvalue weighted by molar-refractivity contribution is 5.88. The molecule has 4 nitrogen and oxygen atoms in total. The molecule has 0 unspecified atom stereocenters. The van der Waals surface area contributed by atoms with Crippen molar-refractivity contribution in [2.45, 2.75) is 18.4 Å². The molecule has 0 heterocycles. The van der Waals surface area contributed by atoms with Crippen molar-refractivity contribution in [2.75, 3.05) is 0 Å². The molecule has 142 valence electrons. The summed E-state index contributed by atoms with van der Waals surface area (Å²) < 4.78 is 13.2. The molecule has 3 rings (SSSR count). The van der Waals surface area contributed by atoms with Crippen LogP contribution in [0.25, 0.3) is 0 Å². The minimum atomic E-state index is -1.05. The van der Waals surface area contributed by atoms with Crippen molar-refractivity contribution >= 4 is 11.9 Å². The van der Waals surface area contributed by atoms with Crippen LogP contribution in [0.1, 0.15) is 35.1 Å². The second kappa shape index (κ2) is 8.95. The van der Waals surface area contributed by atoms with Crippen LogP contribution in [0.2, 0.25) is 0 Å². The first-order valence-corrected chi connectivity index (χ1v) is 8.92. The van der Waals surface area contributed by atoms with E-state index in [0.29, 0.717) is 5.56 Å². The molecule has 3 aromatic carbocycles. The van der Waals surface area contributed by atoms with Gasteiger partial charge in [0, 0.05) is 0 Å². The van der Waals surface area contributed by atoms with Crippen molar-refractivity contribution in [3.8, 4) is 0 Å². The molecule has 0 saturated carbocycles. The normalized spacial score (nSPS) is 11.8. The van der Waals surface area contributed by atoms with Crippen LogP contribution in [-0.4, -0.2) is 17.0 Å². The van der Waals surface area contributed by atoms with Crippen LogP contribution in [0.15, 0.2) is 84.9 Å². The van der Waals surface area contributed by atoms with Crippen molar-refractivity contribution in [1.29, 1.82) is 0 Å². The van der Waals surface area contributed by atoms with Gasteiger partial charge in [-0.3, -0.25) is 9.59 Å². The Hall–Kier alpha value is -3.47. The number of carboxylic acid groups (broad SMARTS) is 1. The number of amides is 1. The second-order valence-corrected chi connectivity index (χ2v) is 6.46. The summed E-state index contributed by atoms with van der Waals surface area (Å²) in [7, 11) is 0. The monoisotopic (exact) mass is 377 g/mol. The van der Waals surface area contributed by atoms with E-state index >= 15 is 0 Å². The number of benzene rings is 3. The zero-order chi connectivity index (χ0) is 19.9. The summed E-state index contributed by atoms with van der Waals surface area (Å²) in [5, 5.41) is 12.1. The fourth-order valence-electron chi connectivity index (χ4n) is 3.16. The molecule has 5 heteroatoms. The lowest BCUT2D eigenvalue weighted by molar-refractivity contribution is -0.137. The maximum atomic E-state index is 13.2. The molecule has 0 bridgehead atoms. The Bertz CT molecular complexity index is 888. The fraction of sp³-hybridized carbons (Fsp3) is 0.130. The molecule has 28 heavy (non-hydrogen) atoms. The molecule has 1 atom stereocenters. The van der Waals surface area contributed by atoms with E-state index < -0.39 is 23.7 Å². The van der Waals surface area contributed by atoms with Gasteiger partial charge < -0.3 is 10.4 Å². The van der Waals surface area contributed by atoms with Crippen LogP contribution in [0.3, 0.4) is 0 Å². The fourth-order valence-corrected chi connectivity index (χ4v) is 3.16. The molecule has 0 aliphatic rings. The first-order chi connectivity index (χ1) is 13.5. The molecule has 0 spiro atoms. The number of halogens is 1. The van der Waals surface area contributed by atoms with E-state index in [2.05, 4.69) is 5.32 Å². The molecule has 0 aromatic heterocycles. The predicted molar refractivity (Wildman–Crippen MR) is 104 cm³/mol. The van der Waals surface area contributed by atoms with E-state index in [4.69, 9.17) is 0 Å². The van der Waals surface area contributed by atoms with Gasteiger partial charge in [0.15, 0.2) is 0 Å². The van der Waals surface area contributed by atoms with E-state index in [1.807, 2.05) is 60.7 Å². The summed E-state index contributed by atoms with van der Waals surface area (Å²) in [6.45, 7) is 0. The van der Waals surface area contributed by atoms with Gasteiger partial charge in [-0.05, 0) is 28.8 Å². The largest absolute Gasteiger partial charge is 0.481 e. The van der Waals surface area contributed by atoms with Gasteiger partial charge in [-0.15, -0.1) is 0 Å². The van der Waals surface area contributed by atoms with Crippen molar-refractivity contribution < 1.29 is 19.1 Å². The van der Waals surface area contributed by atoms with Gasteiger partial charge in [-0.2, -0.15) is 0 Å². The lowest BCUT2D eigenvalue weighted by Crippen LogP contribution is -2.34. The molecule has 0 saturated heterocycles. The van der Waals surface area contributed by atoms with Gasteiger partial charge in [-0.25, -0.2) is 4.39 Å². The Morgan fingerprint density at radius 3 is 1.75 bits per heavy atom. The molecule has 0 radical (unpaired) electrons. The molecule has 0 aliphatic carbocycles. The number of carbonyl (C=O) groups is 2. The smallest absolute Gasteiger partial charge is 0.305 e. The van der Waals surface area contributed by atoms with Crippen LogP contribution < -0.4 is 5.32 Å². The molecular formula is C23H20FNO3. The average molecular weight is 377 g/mol. The van der Waals surface area contributed by atoms with E-state index in [1.54, 1.807) is 0 Å². The summed E-state index contributed by atoms with van der Waals surface area (Å²) in [5.41, 5.74) is 2.15. The Kier molecular flexibility index (Phi) is 6.17. The Labute approximate surface area is 162 Å². The molecule has 0 aliphatic heterocycles. The lowest BCUT2D eigenvalue weighted by atomic mass is 9.90. The molecule has 0 fully saturated rings. The van der Waals surface area contributed by atoms with E-state index in [9.17, 15) is 19.1 Å². The SMILES string of the molecule is O=C(O)C[C@H](NC(=O)C(c1ccccc1)c1ccccc1)c1ccc(F)cc1. The Morgan fingerprint density at radius 1 is 0.786 bits per heavy atom. The minimum absolute atomic E-state index is 0.298. The summed E-state index contributed by atoms with van der Waals surface area (Å²) in [6, 6.07) is 23.3. The minimum Gasteiger partial charge on any atom is -0.481 e. The van der Waals surface area contributed by atoms with Crippen LogP contribution in [0.5, 0.6) is 0 Å². The van der Waals surface area contributed by atoms with Gasteiger partial charge in [0.2, 0.25) is 5.91 Å². The van der Waals surface area contributed by atoms with Crippen molar-refractivity contribution in [2.24, 2.45) is 0 Å². The quantitative estimate of drug-likeness (QED) is 0.645. The number of hydrogen-bond acceptors (Lipinski definition) is 2. The third-order valence-corrected chi connectivity index (χ3v) is 4.50. The van der Waals surface area contributed by atoms with Gasteiger partial charge >= 0.3 is 5.97 Å². The topological polar surface area (TPSA) is 66.4 Å². The lowest BCUT2D eigenvalue weighted by Gasteiger charge is -2.23. The van der Waals surface area contributed by atoms with Crippen LogP contribution in [-0.2, 0) is 9.59 Å². The highest BCUT2D eigenvalue weighted by Crippen LogP contribution is 2.27. The Morgan fingerprint density at radius 2 is 1.29 bits per heavy atom. The van der Waals surface area contributed by atoms with Gasteiger partial charge in [0.05, 0.1) is 18.4 Å². The standard InChI is InChI=1S/C23H20FNO3/c24-19-13-11-16(12-14-19)20(15-21(26)27)25-23(28)22(17-7-3-1-4-8-17)18-9-5-2-6-10-18/h1-14,20,22H,15H2,(H,25,28)(H,26,27)/t20-/m0/s1. The second-order valence-electron chi connectivity index (χ2n) is 6.46. The molecule has 2 N–H and O–H groups in total. The van der Waals surface area contributed by atoms with Crippen molar-refractivity contribution in [3.63, 3.8) is 0 Å². The number of nitrogens with one attached hydrogen (secondary N) is 1. The average Bonchev–Trinajstić information content (AvgIpc) is 2.69. The van der Waals surface area contributed by atoms with Crippen molar-refractivity contribution in [1.82, 2.24) is 5.32 Å². The summed E-state index contributed by atoms with van der Waals surface area (Å²) in [4.78, 5) is 24.5. The third kappa shape index (κ3) is 4.82. The highest BCUT2D eigenvalue weighted by Gasteiger charge is 2.26. The number of rotatable bonds is 7. The zero-order valence-electron chi connectivity index (χ0n) is 15.1. The van der Waals surface area contributed by atoms with Crippen LogP contribution >= 0.6 is 0 Å². The third-order valence-electron chi connectivity index (χ3n) is 4.50. The molecule has 1 amide bonds. The summed E-state index contributed by atoms with van der Waals surface area (Å²) >= 11 is 0. The van der Waals surface area contributed by atoms with Crippen molar-refractivity contribution in [3.05, 3.63) is 107 Å². The first kappa shape index (κ1) is 19.3. The number of carboxylic acids is 1. The van der Waals surface area contributed by atoms with Crippen LogP contribution in [0.4, 0.5) is 4.39 Å². The number of carbonyl (C=O) groups excluding carboxylic acids is 1. The van der Waals surface area contributed by atoms with Gasteiger partial charge in [0.25, 0.3) is 0 Å². The van der Waals surface area contributed by atoms with E-state index in [1.165, 1.54) is 24.3 Å². The van der Waals surface area contributed by atoms with Gasteiger partial charge in [0.1, 0.15) is 5.82 Å². The summed E-state index contributed by atoms with van der Waals surface area (Å²) in [5.74, 6) is -2.37. The predicted octanol–water partition coefficient (Wildman–Crippen LogP) is 4.29. The maximum Gasteiger partial charge on any atom is 0.305 e.